The number of likely N-dealkylation sites (N-methyl/N-ethyl adjacent to an activating group) is 1. The molecule has 1 heterocycles. The van der Waals surface area contributed by atoms with Crippen molar-refractivity contribution in [3.8, 4) is 11.5 Å². The number of hydrogen-bond donors (Lipinski definition) is 4. The van der Waals surface area contributed by atoms with Gasteiger partial charge in [-0.2, -0.15) is 0 Å². The highest BCUT2D eigenvalue weighted by atomic mass is 16.5. The van der Waals surface area contributed by atoms with Crippen molar-refractivity contribution in [1.82, 2.24) is 5.32 Å². The molecule has 1 atom stereocenters. The predicted octanol–water partition coefficient (Wildman–Crippen LogP) is -0.807. The van der Waals surface area contributed by atoms with Crippen molar-refractivity contribution in [2.24, 2.45) is 0 Å². The van der Waals surface area contributed by atoms with Gasteiger partial charge in [-0.1, -0.05) is 0 Å². The van der Waals surface area contributed by atoms with Crippen LogP contribution in [0.3, 0.4) is 0 Å². The second kappa shape index (κ2) is 5.32. The van der Waals surface area contributed by atoms with Gasteiger partial charge in [0.15, 0.2) is 11.5 Å². The number of nitrogens with two attached hydrogens (primary N) is 1. The van der Waals surface area contributed by atoms with Crippen molar-refractivity contribution in [3.63, 3.8) is 0 Å². The third-order valence-electron chi connectivity index (χ3n) is 3.15. The molecule has 1 amide bonds. The normalized spacial score (nSPS) is 17.1. The number of carbonyl (C=O) groups is 2. The Morgan fingerprint density at radius 2 is 2.05 bits per heavy atom. The highest BCUT2D eigenvalue weighted by Crippen LogP contribution is 2.42. The van der Waals surface area contributed by atoms with Crippen LogP contribution in [-0.4, -0.2) is 36.1 Å². The standard InChI is InChI=1S/C13H14N2O5/c1-14-13(19)10(17)6-5-15-7-3-4-8(16)11(18)9(7)12(6)20-2/h3-5,12,15-16,18H,1-2H3,(H,14,19)/p+1. The molecule has 1 aliphatic rings. The fourth-order valence-corrected chi connectivity index (χ4v) is 2.14. The number of ether oxygens (including phenoxy) is 1. The molecule has 20 heavy (non-hydrogen) atoms. The number of nitrogens with one attached hydrogen (secondary N) is 1. The summed E-state index contributed by atoms with van der Waals surface area (Å²) in [6.45, 7) is 0. The van der Waals surface area contributed by atoms with E-state index in [-0.39, 0.29) is 22.6 Å². The topological polar surface area (TPSA) is 112 Å². The summed E-state index contributed by atoms with van der Waals surface area (Å²) in [5.41, 5.74) is 0.975. The van der Waals surface area contributed by atoms with Gasteiger partial charge in [0.25, 0.3) is 11.7 Å². The number of methoxy groups -OCH3 is 1. The average molecular weight is 279 g/mol. The van der Waals surface area contributed by atoms with Gasteiger partial charge in [-0.15, -0.1) is 0 Å². The molecule has 106 valence electrons. The van der Waals surface area contributed by atoms with E-state index >= 15 is 0 Å². The maximum atomic E-state index is 12.0. The highest BCUT2D eigenvalue weighted by Gasteiger charge is 2.36. The minimum Gasteiger partial charge on any atom is -0.504 e. The lowest BCUT2D eigenvalue weighted by molar-refractivity contribution is -0.500. The van der Waals surface area contributed by atoms with Crippen LogP contribution in [0, 0.1) is 0 Å². The predicted molar refractivity (Wildman–Crippen MR) is 68.3 cm³/mol. The summed E-state index contributed by atoms with van der Waals surface area (Å²) in [7, 11) is 2.71. The van der Waals surface area contributed by atoms with E-state index in [4.69, 9.17) is 4.74 Å². The molecule has 1 unspecified atom stereocenters. The van der Waals surface area contributed by atoms with Gasteiger partial charge in [0.2, 0.25) is 0 Å². The zero-order valence-corrected chi connectivity index (χ0v) is 11.0. The number of phenolic OH excluding ortho intramolecular Hbond substituents is 2. The van der Waals surface area contributed by atoms with Crippen molar-refractivity contribution in [3.05, 3.63) is 29.5 Å². The van der Waals surface area contributed by atoms with Crippen molar-refractivity contribution in [2.45, 2.75) is 6.10 Å². The molecular weight excluding hydrogens is 264 g/mol. The van der Waals surface area contributed by atoms with E-state index in [0.29, 0.717) is 5.69 Å². The largest absolute Gasteiger partial charge is 0.504 e. The van der Waals surface area contributed by atoms with Crippen LogP contribution < -0.4 is 10.6 Å². The summed E-state index contributed by atoms with van der Waals surface area (Å²) in [5, 5.41) is 23.3. The van der Waals surface area contributed by atoms with Gasteiger partial charge in [-0.05, 0) is 6.07 Å². The van der Waals surface area contributed by atoms with Crippen LogP contribution in [0.15, 0.2) is 23.9 Å². The Labute approximate surface area is 114 Å². The quantitative estimate of drug-likeness (QED) is 0.250. The maximum absolute atomic E-state index is 12.0. The molecule has 1 aromatic rings. The molecule has 1 aliphatic heterocycles. The van der Waals surface area contributed by atoms with Crippen LogP contribution in [0.4, 0.5) is 5.69 Å². The minimum atomic E-state index is -0.910. The molecule has 2 rings (SSSR count). The van der Waals surface area contributed by atoms with Crippen LogP contribution in [0.2, 0.25) is 0 Å². The van der Waals surface area contributed by atoms with E-state index in [2.05, 4.69) is 5.32 Å². The number of rotatable bonds is 3. The molecule has 0 bridgehead atoms. The number of carbonyl (C=O) groups excluding carboxylic acids is 2. The molecule has 7 nitrogen and oxygen atoms in total. The van der Waals surface area contributed by atoms with Gasteiger partial charge in [0, 0.05) is 20.2 Å². The van der Waals surface area contributed by atoms with Crippen LogP contribution in [0.5, 0.6) is 11.5 Å². The first-order chi connectivity index (χ1) is 9.51. The molecular formula is C13H15N2O5+. The summed E-state index contributed by atoms with van der Waals surface area (Å²) >= 11 is 0. The molecule has 0 saturated heterocycles. The Hall–Kier alpha value is -2.38. The van der Waals surface area contributed by atoms with Crippen molar-refractivity contribution < 1.29 is 29.9 Å². The molecule has 0 saturated carbocycles. The highest BCUT2D eigenvalue weighted by molar-refractivity contribution is 6.42. The smallest absolute Gasteiger partial charge is 0.292 e. The average Bonchev–Trinajstić information content (AvgIpc) is 2.48. The summed E-state index contributed by atoms with van der Waals surface area (Å²) in [6.07, 6.45) is 0.566. The van der Waals surface area contributed by atoms with Gasteiger partial charge in [-0.25, -0.2) is 0 Å². The minimum absolute atomic E-state index is 0.0975. The van der Waals surface area contributed by atoms with Crippen molar-refractivity contribution in [2.75, 3.05) is 14.2 Å². The number of benzene rings is 1. The molecule has 0 radical (unpaired) electrons. The van der Waals surface area contributed by atoms with Gasteiger partial charge in [0.05, 0.1) is 11.1 Å². The van der Waals surface area contributed by atoms with E-state index in [1.165, 1.54) is 26.4 Å². The number of aromatic hydroxyl groups is 2. The number of ketones is 1. The molecule has 0 fully saturated rings. The number of amides is 1. The fraction of sp³-hybridized carbons (Fsp3) is 0.231. The SMILES string of the molecule is CNC(=O)C(=O)C1=C[NH2+]c2ccc(O)c(O)c2C1OC. The van der Waals surface area contributed by atoms with E-state index in [1.807, 2.05) is 0 Å². The van der Waals surface area contributed by atoms with E-state index in [1.54, 1.807) is 11.4 Å². The fourth-order valence-electron chi connectivity index (χ4n) is 2.14. The second-order valence-electron chi connectivity index (χ2n) is 4.25. The third kappa shape index (κ3) is 2.13. The van der Waals surface area contributed by atoms with Crippen LogP contribution in [0.1, 0.15) is 11.7 Å². The van der Waals surface area contributed by atoms with Crippen LogP contribution in [0.25, 0.3) is 0 Å². The van der Waals surface area contributed by atoms with Crippen LogP contribution >= 0.6 is 0 Å². The molecule has 0 spiro atoms. The first kappa shape index (κ1) is 14.0. The first-order valence-electron chi connectivity index (χ1n) is 5.90. The van der Waals surface area contributed by atoms with Gasteiger partial charge >= 0.3 is 0 Å². The third-order valence-corrected chi connectivity index (χ3v) is 3.15. The Kier molecular flexibility index (Phi) is 3.73. The summed E-state index contributed by atoms with van der Waals surface area (Å²) < 4.78 is 5.22. The Bertz CT molecular complexity index is 609. The lowest BCUT2D eigenvalue weighted by Crippen LogP contribution is -2.73. The monoisotopic (exact) mass is 279 g/mol. The van der Waals surface area contributed by atoms with Gasteiger partial charge in [-0.3, -0.25) is 14.9 Å². The summed E-state index contributed by atoms with van der Waals surface area (Å²) in [5.74, 6) is -2.19. The Balaban J connectivity index is 2.50. The van der Waals surface area contributed by atoms with E-state index in [0.717, 1.165) is 0 Å². The number of quaternary nitrogens is 1. The lowest BCUT2D eigenvalue weighted by Gasteiger charge is -2.23. The second-order valence-corrected chi connectivity index (χ2v) is 4.25. The summed E-state index contributed by atoms with van der Waals surface area (Å²) in [6, 6.07) is 2.94. The van der Waals surface area contributed by atoms with Crippen LogP contribution in [-0.2, 0) is 14.3 Å². The lowest BCUT2D eigenvalue weighted by atomic mass is 9.93. The number of fused-ring (bicyclic) bond motifs is 1. The number of phenols is 2. The Morgan fingerprint density at radius 1 is 1.35 bits per heavy atom. The van der Waals surface area contributed by atoms with E-state index < -0.39 is 17.8 Å². The zero-order valence-electron chi connectivity index (χ0n) is 11.0. The maximum Gasteiger partial charge on any atom is 0.292 e. The summed E-state index contributed by atoms with van der Waals surface area (Å²) in [4.78, 5) is 23.4. The van der Waals surface area contributed by atoms with Crippen molar-refractivity contribution in [1.29, 1.82) is 0 Å². The van der Waals surface area contributed by atoms with E-state index in [9.17, 15) is 19.8 Å². The molecule has 1 aromatic carbocycles. The first-order valence-corrected chi connectivity index (χ1v) is 5.90. The number of Topliss-reactive ketones (excluding diaryl/α,β-unsaturated/α-hetero) is 1. The zero-order chi connectivity index (χ0) is 14.9. The Morgan fingerprint density at radius 3 is 2.65 bits per heavy atom. The molecule has 0 aromatic heterocycles. The van der Waals surface area contributed by atoms with Crippen molar-refractivity contribution >= 4 is 17.4 Å². The molecule has 5 N–H and O–H groups in total. The molecule has 7 heteroatoms. The number of hydrogen-bond acceptors (Lipinski definition) is 5. The van der Waals surface area contributed by atoms with Gasteiger partial charge in [0.1, 0.15) is 18.0 Å². The van der Waals surface area contributed by atoms with Gasteiger partial charge < -0.3 is 20.3 Å². The molecule has 0 aliphatic carbocycles.